The van der Waals surface area contributed by atoms with Crippen LogP contribution in [0.4, 0.5) is 0 Å². The van der Waals surface area contributed by atoms with Crippen LogP contribution in [0.5, 0.6) is 0 Å². The fourth-order valence-electron chi connectivity index (χ4n) is 1.76. The Morgan fingerprint density at radius 1 is 1.12 bits per heavy atom. The molecule has 92 valence electrons. The smallest absolute Gasteiger partial charge is 0.110 e. The zero-order valence-electron chi connectivity index (χ0n) is 10.2. The summed E-state index contributed by atoms with van der Waals surface area (Å²) in [5.74, 6) is 0. The van der Waals surface area contributed by atoms with Crippen molar-refractivity contribution in [2.24, 2.45) is 0 Å². The highest BCUT2D eigenvalue weighted by atomic mass is 16.3. The molecule has 5 heteroatoms. The summed E-state index contributed by atoms with van der Waals surface area (Å²) in [6, 6.07) is 0. The van der Waals surface area contributed by atoms with Crippen molar-refractivity contribution in [3.8, 4) is 0 Å². The molecule has 1 atom stereocenters. The third-order valence-corrected chi connectivity index (χ3v) is 2.71. The first-order valence-corrected chi connectivity index (χ1v) is 5.97. The summed E-state index contributed by atoms with van der Waals surface area (Å²) < 4.78 is 3.65. The molecule has 0 saturated heterocycles. The van der Waals surface area contributed by atoms with E-state index in [2.05, 4.69) is 17.1 Å². The van der Waals surface area contributed by atoms with E-state index >= 15 is 0 Å². The second-order valence-corrected chi connectivity index (χ2v) is 4.07. The number of aromatic nitrogens is 4. The first-order chi connectivity index (χ1) is 8.24. The molecule has 2 rings (SSSR count). The molecular formula is C12H18N4O. The molecular weight excluding hydrogens is 216 g/mol. The van der Waals surface area contributed by atoms with Gasteiger partial charge in [-0.05, 0) is 13.3 Å². The highest BCUT2D eigenvalue weighted by Gasteiger charge is 2.14. The Bertz CT molecular complexity index is 474. The maximum atomic E-state index is 10.2. The number of hydrogen-bond donors (Lipinski definition) is 1. The van der Waals surface area contributed by atoms with Crippen LogP contribution in [0.25, 0.3) is 0 Å². The third-order valence-electron chi connectivity index (χ3n) is 2.71. The molecule has 2 aromatic heterocycles. The Morgan fingerprint density at radius 2 is 1.71 bits per heavy atom. The number of nitrogens with zero attached hydrogens (tertiary/aromatic N) is 4. The van der Waals surface area contributed by atoms with Crippen molar-refractivity contribution >= 4 is 0 Å². The van der Waals surface area contributed by atoms with E-state index in [1.165, 1.54) is 0 Å². The topological polar surface area (TPSA) is 55.9 Å². The van der Waals surface area contributed by atoms with E-state index in [0.717, 1.165) is 30.6 Å². The van der Waals surface area contributed by atoms with Crippen molar-refractivity contribution in [2.75, 3.05) is 0 Å². The van der Waals surface area contributed by atoms with Crippen LogP contribution in [-0.4, -0.2) is 24.7 Å². The predicted molar refractivity (Wildman–Crippen MR) is 64.5 cm³/mol. The van der Waals surface area contributed by atoms with Crippen molar-refractivity contribution < 1.29 is 5.11 Å². The maximum absolute atomic E-state index is 10.2. The second kappa shape index (κ2) is 5.14. The Morgan fingerprint density at radius 3 is 2.24 bits per heavy atom. The largest absolute Gasteiger partial charge is 0.383 e. The quantitative estimate of drug-likeness (QED) is 0.854. The van der Waals surface area contributed by atoms with Crippen LogP contribution in [0.3, 0.4) is 0 Å². The number of aliphatic hydroxyl groups is 1. The van der Waals surface area contributed by atoms with Crippen molar-refractivity contribution in [2.45, 2.75) is 39.5 Å². The SMILES string of the molecule is CCCn1cc(C(O)c2cnn(CC)c2)cn1. The van der Waals surface area contributed by atoms with Gasteiger partial charge in [0.15, 0.2) is 0 Å². The molecule has 0 saturated carbocycles. The monoisotopic (exact) mass is 234 g/mol. The molecule has 0 spiro atoms. The van der Waals surface area contributed by atoms with E-state index < -0.39 is 6.10 Å². The van der Waals surface area contributed by atoms with E-state index in [1.807, 2.05) is 24.0 Å². The Hall–Kier alpha value is -1.62. The molecule has 0 bridgehead atoms. The first kappa shape index (κ1) is 11.9. The van der Waals surface area contributed by atoms with Crippen LogP contribution in [0, 0.1) is 0 Å². The van der Waals surface area contributed by atoms with Gasteiger partial charge >= 0.3 is 0 Å². The first-order valence-electron chi connectivity index (χ1n) is 5.97. The molecule has 0 aromatic carbocycles. The minimum absolute atomic E-state index is 0.638. The molecule has 0 fully saturated rings. The minimum atomic E-state index is -0.638. The average molecular weight is 234 g/mol. The van der Waals surface area contributed by atoms with Gasteiger partial charge in [0.25, 0.3) is 0 Å². The predicted octanol–water partition coefficient (Wildman–Crippen LogP) is 1.59. The average Bonchev–Trinajstić information content (AvgIpc) is 2.97. The maximum Gasteiger partial charge on any atom is 0.110 e. The lowest BCUT2D eigenvalue weighted by atomic mass is 10.1. The van der Waals surface area contributed by atoms with Crippen molar-refractivity contribution in [1.82, 2.24) is 19.6 Å². The lowest BCUT2D eigenvalue weighted by Gasteiger charge is -2.04. The molecule has 1 N–H and O–H groups in total. The van der Waals surface area contributed by atoms with Gasteiger partial charge in [0, 0.05) is 36.6 Å². The summed E-state index contributed by atoms with van der Waals surface area (Å²) in [5, 5.41) is 18.5. The van der Waals surface area contributed by atoms with E-state index in [1.54, 1.807) is 17.1 Å². The summed E-state index contributed by atoms with van der Waals surface area (Å²) in [5.41, 5.74) is 1.62. The number of aliphatic hydroxyl groups excluding tert-OH is 1. The molecule has 2 aromatic rings. The van der Waals surface area contributed by atoms with Gasteiger partial charge in [-0.25, -0.2) is 0 Å². The standard InChI is InChI=1S/C12H18N4O/c1-3-5-16-9-11(7-14-16)12(17)10-6-13-15(4-2)8-10/h6-9,12,17H,3-5H2,1-2H3. The molecule has 1 unspecified atom stereocenters. The molecule has 0 aliphatic carbocycles. The van der Waals surface area contributed by atoms with E-state index in [-0.39, 0.29) is 0 Å². The van der Waals surface area contributed by atoms with Gasteiger partial charge in [0.1, 0.15) is 6.10 Å². The number of hydrogen-bond acceptors (Lipinski definition) is 3. The lowest BCUT2D eigenvalue weighted by Crippen LogP contribution is -1.99. The van der Waals surface area contributed by atoms with Crippen LogP contribution in [0.2, 0.25) is 0 Å². The highest BCUT2D eigenvalue weighted by Crippen LogP contribution is 2.20. The van der Waals surface area contributed by atoms with E-state index in [4.69, 9.17) is 0 Å². The van der Waals surface area contributed by atoms with Gasteiger partial charge in [0.2, 0.25) is 0 Å². The minimum Gasteiger partial charge on any atom is -0.383 e. The summed E-state index contributed by atoms with van der Waals surface area (Å²) in [6.07, 6.45) is 7.56. The summed E-state index contributed by atoms with van der Waals surface area (Å²) in [4.78, 5) is 0. The number of rotatable bonds is 5. The fraction of sp³-hybridized carbons (Fsp3) is 0.500. The van der Waals surface area contributed by atoms with Crippen molar-refractivity contribution in [3.05, 3.63) is 35.9 Å². The van der Waals surface area contributed by atoms with Crippen LogP contribution in [-0.2, 0) is 13.1 Å². The van der Waals surface area contributed by atoms with Gasteiger partial charge in [-0.15, -0.1) is 0 Å². The number of aryl methyl sites for hydroxylation is 2. The summed E-state index contributed by atoms with van der Waals surface area (Å²) in [6.45, 7) is 5.80. The molecule has 2 heterocycles. The third kappa shape index (κ3) is 2.55. The van der Waals surface area contributed by atoms with Gasteiger partial charge in [0.05, 0.1) is 12.4 Å². The molecule has 17 heavy (non-hydrogen) atoms. The molecule has 0 aliphatic rings. The van der Waals surface area contributed by atoms with E-state index in [9.17, 15) is 5.11 Å². The van der Waals surface area contributed by atoms with Crippen molar-refractivity contribution in [3.63, 3.8) is 0 Å². The van der Waals surface area contributed by atoms with Crippen LogP contribution in [0.15, 0.2) is 24.8 Å². The van der Waals surface area contributed by atoms with Crippen LogP contribution >= 0.6 is 0 Å². The van der Waals surface area contributed by atoms with E-state index in [0.29, 0.717) is 0 Å². The van der Waals surface area contributed by atoms with Gasteiger partial charge in [-0.2, -0.15) is 10.2 Å². The van der Waals surface area contributed by atoms with Crippen LogP contribution < -0.4 is 0 Å². The van der Waals surface area contributed by atoms with Gasteiger partial charge < -0.3 is 5.11 Å². The molecule has 5 nitrogen and oxygen atoms in total. The Labute approximate surface area is 101 Å². The second-order valence-electron chi connectivity index (χ2n) is 4.07. The summed E-state index contributed by atoms with van der Waals surface area (Å²) in [7, 11) is 0. The van der Waals surface area contributed by atoms with Gasteiger partial charge in [-0.1, -0.05) is 6.92 Å². The normalized spacial score (nSPS) is 12.9. The Kier molecular flexibility index (Phi) is 3.58. The molecule has 0 amide bonds. The Balaban J connectivity index is 2.14. The molecule has 0 radical (unpaired) electrons. The van der Waals surface area contributed by atoms with Crippen LogP contribution in [0.1, 0.15) is 37.5 Å². The lowest BCUT2D eigenvalue weighted by molar-refractivity contribution is 0.220. The fourth-order valence-corrected chi connectivity index (χ4v) is 1.76. The van der Waals surface area contributed by atoms with Crippen molar-refractivity contribution in [1.29, 1.82) is 0 Å². The highest BCUT2D eigenvalue weighted by molar-refractivity contribution is 5.22. The zero-order valence-corrected chi connectivity index (χ0v) is 10.2. The summed E-state index contributed by atoms with van der Waals surface area (Å²) >= 11 is 0. The molecule has 0 aliphatic heterocycles. The van der Waals surface area contributed by atoms with Gasteiger partial charge in [-0.3, -0.25) is 9.36 Å². The zero-order chi connectivity index (χ0) is 12.3.